The molecule has 57 heavy (non-hydrogen) atoms. The first-order valence-electron chi connectivity index (χ1n) is 19.2. The summed E-state index contributed by atoms with van der Waals surface area (Å²) in [6.45, 7) is 0. The Morgan fingerprint density at radius 3 is 1.54 bits per heavy atom. The van der Waals surface area contributed by atoms with Crippen LogP contribution in [0.4, 0.5) is 34.1 Å². The molecule has 0 spiro atoms. The Morgan fingerprint density at radius 1 is 0.351 bits per heavy atom. The van der Waals surface area contributed by atoms with Gasteiger partial charge >= 0.3 is 0 Å². The van der Waals surface area contributed by atoms with Gasteiger partial charge in [-0.1, -0.05) is 140 Å². The quantitative estimate of drug-likeness (QED) is 0.159. The summed E-state index contributed by atoms with van der Waals surface area (Å²) in [5.41, 5.74) is 13.2. The van der Waals surface area contributed by atoms with E-state index >= 15 is 0 Å². The number of anilines is 6. The van der Waals surface area contributed by atoms with Crippen molar-refractivity contribution in [3.8, 4) is 44.2 Å². The van der Waals surface area contributed by atoms with Crippen LogP contribution in [0.15, 0.2) is 206 Å². The van der Waals surface area contributed by atoms with Gasteiger partial charge in [0, 0.05) is 22.5 Å². The number of nitrogens with zero attached hydrogens (tertiary/aromatic N) is 4. The SMILES string of the molecule is c1ccc(-c2cccc(N3c4ccccc4N(c4cccc(-c5ccccc5)c4)c4cc(-c5nsc(-c6cccc7cc8ccccc8cc67)n5)ccc43)c2)cc1. The molecule has 0 unspecified atom stereocenters. The molecule has 10 aromatic rings. The van der Waals surface area contributed by atoms with E-state index in [0.29, 0.717) is 5.82 Å². The molecule has 0 fully saturated rings. The molecule has 1 aliphatic rings. The lowest BCUT2D eigenvalue weighted by molar-refractivity contribution is 1.17. The first kappa shape index (κ1) is 33.0. The van der Waals surface area contributed by atoms with Gasteiger partial charge in [0.25, 0.3) is 0 Å². The lowest BCUT2D eigenvalue weighted by atomic mass is 9.99. The molecule has 1 aromatic heterocycles. The second-order valence-electron chi connectivity index (χ2n) is 14.3. The van der Waals surface area contributed by atoms with Gasteiger partial charge in [0.2, 0.25) is 0 Å². The minimum atomic E-state index is 0.713. The monoisotopic (exact) mass is 746 g/mol. The fourth-order valence-corrected chi connectivity index (χ4v) is 8.93. The van der Waals surface area contributed by atoms with Gasteiger partial charge in [-0.3, -0.25) is 0 Å². The van der Waals surface area contributed by atoms with Crippen molar-refractivity contribution in [3.05, 3.63) is 206 Å². The highest BCUT2D eigenvalue weighted by Crippen LogP contribution is 2.55. The summed E-state index contributed by atoms with van der Waals surface area (Å²) in [5.74, 6) is 0.713. The average Bonchev–Trinajstić information content (AvgIpc) is 3.78. The van der Waals surface area contributed by atoms with Crippen LogP contribution < -0.4 is 9.80 Å². The lowest BCUT2D eigenvalue weighted by Gasteiger charge is -2.40. The van der Waals surface area contributed by atoms with Crippen molar-refractivity contribution in [2.45, 2.75) is 0 Å². The number of benzene rings is 9. The van der Waals surface area contributed by atoms with Crippen molar-refractivity contribution in [1.82, 2.24) is 9.36 Å². The molecule has 9 aromatic carbocycles. The highest BCUT2D eigenvalue weighted by atomic mass is 32.1. The van der Waals surface area contributed by atoms with Gasteiger partial charge in [0.1, 0.15) is 5.01 Å². The fraction of sp³-hybridized carbons (Fsp3) is 0. The van der Waals surface area contributed by atoms with Gasteiger partial charge in [0.15, 0.2) is 5.82 Å². The second-order valence-corrected chi connectivity index (χ2v) is 15.1. The van der Waals surface area contributed by atoms with Gasteiger partial charge in [-0.25, -0.2) is 4.98 Å². The molecule has 0 aliphatic carbocycles. The molecule has 0 N–H and O–H groups in total. The molecule has 4 nitrogen and oxygen atoms in total. The van der Waals surface area contributed by atoms with Crippen LogP contribution in [0.3, 0.4) is 0 Å². The van der Waals surface area contributed by atoms with Crippen LogP contribution in [0.25, 0.3) is 65.8 Å². The topological polar surface area (TPSA) is 32.3 Å². The van der Waals surface area contributed by atoms with Crippen molar-refractivity contribution in [3.63, 3.8) is 0 Å². The average molecular weight is 747 g/mol. The third kappa shape index (κ3) is 5.84. The zero-order valence-electron chi connectivity index (χ0n) is 30.8. The Balaban J connectivity index is 1.08. The maximum absolute atomic E-state index is 5.22. The summed E-state index contributed by atoms with van der Waals surface area (Å²) < 4.78 is 5.00. The zero-order valence-corrected chi connectivity index (χ0v) is 31.6. The lowest BCUT2D eigenvalue weighted by Crippen LogP contribution is -2.24. The summed E-state index contributed by atoms with van der Waals surface area (Å²) in [6.07, 6.45) is 0. The third-order valence-electron chi connectivity index (χ3n) is 10.9. The van der Waals surface area contributed by atoms with Crippen LogP contribution in [0.2, 0.25) is 0 Å². The molecule has 11 rings (SSSR count). The fourth-order valence-electron chi connectivity index (χ4n) is 8.20. The largest absolute Gasteiger partial charge is 0.306 e. The van der Waals surface area contributed by atoms with Crippen LogP contribution in [0, 0.1) is 0 Å². The van der Waals surface area contributed by atoms with Crippen molar-refractivity contribution < 1.29 is 0 Å². The molecule has 1 aliphatic heterocycles. The Bertz CT molecular complexity index is 3100. The van der Waals surface area contributed by atoms with Crippen molar-refractivity contribution in [2.24, 2.45) is 0 Å². The minimum absolute atomic E-state index is 0.713. The standard InChI is InChI=1S/C52H34N4S/c1-3-14-35(15-4-1)38-20-11-23-43(31-38)55-47-26-9-10-27-48(47)56(44-24-12-21-39(32-44)36-16-5-2-6-17-36)50-34-42(28-29-49(50)55)51-53-52(57-54-51)45-25-13-22-41-30-37-18-7-8-19-40(37)33-46(41)45/h1-34H. The number of para-hydroxylation sites is 2. The molecule has 0 bridgehead atoms. The number of hydrogen-bond donors (Lipinski definition) is 0. The van der Waals surface area contributed by atoms with E-state index in [-0.39, 0.29) is 0 Å². The Hall–Kier alpha value is -7.34. The predicted octanol–water partition coefficient (Wildman–Crippen LogP) is 14.8. The number of fused-ring (bicyclic) bond motifs is 4. The highest BCUT2D eigenvalue weighted by Gasteiger charge is 2.31. The third-order valence-corrected chi connectivity index (χ3v) is 11.7. The molecular formula is C52H34N4S. The maximum atomic E-state index is 5.22. The molecule has 0 radical (unpaired) electrons. The summed E-state index contributed by atoms with van der Waals surface area (Å²) >= 11 is 1.45. The van der Waals surface area contributed by atoms with Gasteiger partial charge in [-0.2, -0.15) is 4.37 Å². The molecule has 268 valence electrons. The number of aromatic nitrogens is 2. The van der Waals surface area contributed by atoms with Gasteiger partial charge in [-0.15, -0.1) is 0 Å². The predicted molar refractivity (Wildman–Crippen MR) is 240 cm³/mol. The van der Waals surface area contributed by atoms with Crippen LogP contribution >= 0.6 is 11.5 Å². The first-order chi connectivity index (χ1) is 28.2. The molecule has 0 saturated heterocycles. The van der Waals surface area contributed by atoms with E-state index in [0.717, 1.165) is 55.8 Å². The Morgan fingerprint density at radius 2 is 0.877 bits per heavy atom. The second kappa shape index (κ2) is 13.7. The molecule has 5 heteroatoms. The first-order valence-corrected chi connectivity index (χ1v) is 19.9. The molecular weight excluding hydrogens is 713 g/mol. The Kier molecular flexibility index (Phi) is 7.97. The van der Waals surface area contributed by atoms with Crippen LogP contribution in [-0.4, -0.2) is 9.36 Å². The van der Waals surface area contributed by atoms with Crippen molar-refractivity contribution in [1.29, 1.82) is 0 Å². The van der Waals surface area contributed by atoms with Crippen LogP contribution in [-0.2, 0) is 0 Å². The smallest absolute Gasteiger partial charge is 0.173 e. The van der Waals surface area contributed by atoms with Crippen molar-refractivity contribution in [2.75, 3.05) is 9.80 Å². The molecule has 0 atom stereocenters. The van der Waals surface area contributed by atoms with E-state index in [2.05, 4.69) is 216 Å². The van der Waals surface area contributed by atoms with E-state index in [1.807, 2.05) is 0 Å². The van der Waals surface area contributed by atoms with E-state index in [1.165, 1.54) is 49.8 Å². The maximum Gasteiger partial charge on any atom is 0.173 e. The van der Waals surface area contributed by atoms with Crippen molar-refractivity contribution >= 4 is 67.2 Å². The summed E-state index contributed by atoms with van der Waals surface area (Å²) in [6, 6.07) is 73.7. The van der Waals surface area contributed by atoms with Gasteiger partial charge < -0.3 is 9.80 Å². The summed E-state index contributed by atoms with van der Waals surface area (Å²) in [4.78, 5) is 10.0. The normalized spacial score (nSPS) is 12.1. The molecule has 0 saturated carbocycles. The van der Waals surface area contributed by atoms with E-state index in [4.69, 9.17) is 9.36 Å². The van der Waals surface area contributed by atoms with E-state index < -0.39 is 0 Å². The Labute approximate surface area is 335 Å². The molecule has 0 amide bonds. The van der Waals surface area contributed by atoms with Gasteiger partial charge in [-0.05, 0) is 122 Å². The van der Waals surface area contributed by atoms with E-state index in [9.17, 15) is 0 Å². The summed E-state index contributed by atoms with van der Waals surface area (Å²) in [5, 5.41) is 5.72. The van der Waals surface area contributed by atoms with Crippen LogP contribution in [0.1, 0.15) is 0 Å². The molecule has 2 heterocycles. The van der Waals surface area contributed by atoms with Crippen LogP contribution in [0.5, 0.6) is 0 Å². The minimum Gasteiger partial charge on any atom is -0.306 e. The van der Waals surface area contributed by atoms with Gasteiger partial charge in [0.05, 0.1) is 22.7 Å². The van der Waals surface area contributed by atoms with E-state index in [1.54, 1.807) is 0 Å². The number of hydrogen-bond acceptors (Lipinski definition) is 5. The highest BCUT2D eigenvalue weighted by molar-refractivity contribution is 7.09. The summed E-state index contributed by atoms with van der Waals surface area (Å²) in [7, 11) is 0. The number of rotatable bonds is 6. The zero-order chi connectivity index (χ0) is 37.7.